The van der Waals surface area contributed by atoms with Crippen LogP contribution in [0.1, 0.15) is 5.56 Å². The second-order valence-electron chi connectivity index (χ2n) is 4.64. The van der Waals surface area contributed by atoms with Gasteiger partial charge >= 0.3 is 0 Å². The standard InChI is InChI=1S/C12H16N6O3S/c1-22(20,21)16-11-8-18(17-15-11)9-12(19)14-6-4-10-3-2-5-13-7-10/h2-3,5,7-8,16H,4,6,9H2,1H3,(H,14,19). The number of nitrogens with zero attached hydrogens (tertiary/aromatic N) is 4. The Balaban J connectivity index is 1.77. The number of carbonyl (C=O) groups is 1. The first kappa shape index (κ1) is 15.9. The molecular weight excluding hydrogens is 308 g/mol. The van der Waals surface area contributed by atoms with Crippen molar-refractivity contribution in [3.05, 3.63) is 36.3 Å². The number of rotatable bonds is 7. The van der Waals surface area contributed by atoms with Crippen molar-refractivity contribution in [3.8, 4) is 0 Å². The second-order valence-corrected chi connectivity index (χ2v) is 6.39. The monoisotopic (exact) mass is 324 g/mol. The lowest BCUT2D eigenvalue weighted by Crippen LogP contribution is -2.29. The van der Waals surface area contributed by atoms with E-state index < -0.39 is 10.0 Å². The molecule has 0 unspecified atom stereocenters. The third-order valence-electron chi connectivity index (χ3n) is 2.59. The zero-order valence-corrected chi connectivity index (χ0v) is 12.7. The maximum absolute atomic E-state index is 11.7. The van der Waals surface area contributed by atoms with Crippen LogP contribution >= 0.6 is 0 Å². The van der Waals surface area contributed by atoms with Crippen molar-refractivity contribution in [2.45, 2.75) is 13.0 Å². The first-order valence-corrected chi connectivity index (χ1v) is 8.35. The third kappa shape index (κ3) is 5.48. The Hall–Kier alpha value is -2.49. The maximum Gasteiger partial charge on any atom is 0.241 e. The predicted octanol–water partition coefficient (Wildman–Crippen LogP) is -0.596. The summed E-state index contributed by atoms with van der Waals surface area (Å²) in [6.45, 7) is 0.444. The highest BCUT2D eigenvalue weighted by molar-refractivity contribution is 7.92. The van der Waals surface area contributed by atoms with Gasteiger partial charge in [-0.15, -0.1) is 5.10 Å². The summed E-state index contributed by atoms with van der Waals surface area (Å²) >= 11 is 0. The lowest BCUT2D eigenvalue weighted by molar-refractivity contribution is -0.121. The second kappa shape index (κ2) is 6.98. The fourth-order valence-corrected chi connectivity index (χ4v) is 2.18. The maximum atomic E-state index is 11.7. The van der Waals surface area contributed by atoms with E-state index in [4.69, 9.17) is 0 Å². The van der Waals surface area contributed by atoms with E-state index in [0.717, 1.165) is 11.8 Å². The molecule has 0 atom stereocenters. The molecule has 0 radical (unpaired) electrons. The van der Waals surface area contributed by atoms with Gasteiger partial charge < -0.3 is 5.32 Å². The van der Waals surface area contributed by atoms with Gasteiger partial charge in [0, 0.05) is 18.9 Å². The molecule has 0 saturated carbocycles. The molecule has 0 aliphatic carbocycles. The molecule has 0 fully saturated rings. The number of pyridine rings is 1. The predicted molar refractivity (Wildman–Crippen MR) is 79.4 cm³/mol. The number of carbonyl (C=O) groups excluding carboxylic acids is 1. The van der Waals surface area contributed by atoms with E-state index in [0.29, 0.717) is 13.0 Å². The lowest BCUT2D eigenvalue weighted by Gasteiger charge is -2.04. The molecule has 118 valence electrons. The normalized spacial score (nSPS) is 11.1. The van der Waals surface area contributed by atoms with Crippen molar-refractivity contribution in [1.29, 1.82) is 0 Å². The van der Waals surface area contributed by atoms with E-state index in [-0.39, 0.29) is 18.3 Å². The van der Waals surface area contributed by atoms with Crippen molar-refractivity contribution >= 4 is 21.7 Å². The summed E-state index contributed by atoms with van der Waals surface area (Å²) in [5.74, 6) is -0.162. The lowest BCUT2D eigenvalue weighted by atomic mass is 10.2. The van der Waals surface area contributed by atoms with Gasteiger partial charge in [-0.3, -0.25) is 14.5 Å². The summed E-state index contributed by atoms with van der Waals surface area (Å²) in [6.07, 6.45) is 6.47. The van der Waals surface area contributed by atoms with E-state index >= 15 is 0 Å². The molecule has 10 heteroatoms. The number of amides is 1. The summed E-state index contributed by atoms with van der Waals surface area (Å²) in [5, 5.41) is 10.0. The average Bonchev–Trinajstić information content (AvgIpc) is 2.84. The molecule has 1 amide bonds. The van der Waals surface area contributed by atoms with E-state index in [1.165, 1.54) is 10.9 Å². The molecule has 0 saturated heterocycles. The Labute approximate surface area is 127 Å². The number of aromatic nitrogens is 4. The highest BCUT2D eigenvalue weighted by Gasteiger charge is 2.08. The topological polar surface area (TPSA) is 119 Å². The quantitative estimate of drug-likeness (QED) is 0.702. The Morgan fingerprint density at radius 3 is 2.91 bits per heavy atom. The largest absolute Gasteiger partial charge is 0.354 e. The van der Waals surface area contributed by atoms with Crippen LogP contribution in [0.15, 0.2) is 30.7 Å². The van der Waals surface area contributed by atoms with E-state index in [9.17, 15) is 13.2 Å². The highest BCUT2D eigenvalue weighted by Crippen LogP contribution is 2.02. The third-order valence-corrected chi connectivity index (χ3v) is 3.17. The van der Waals surface area contributed by atoms with Crippen molar-refractivity contribution in [3.63, 3.8) is 0 Å². The summed E-state index contributed by atoms with van der Waals surface area (Å²) in [6, 6.07) is 3.77. The molecule has 2 N–H and O–H groups in total. The molecule has 2 aromatic rings. The molecule has 22 heavy (non-hydrogen) atoms. The van der Waals surface area contributed by atoms with Crippen molar-refractivity contribution < 1.29 is 13.2 Å². The van der Waals surface area contributed by atoms with E-state index in [1.807, 2.05) is 12.1 Å². The van der Waals surface area contributed by atoms with Crippen LogP contribution in [0, 0.1) is 0 Å². The van der Waals surface area contributed by atoms with Crippen LogP contribution in [0.5, 0.6) is 0 Å². The van der Waals surface area contributed by atoms with Crippen molar-refractivity contribution in [2.75, 3.05) is 17.5 Å². The molecule has 0 aromatic carbocycles. The fourth-order valence-electron chi connectivity index (χ4n) is 1.71. The fraction of sp³-hybridized carbons (Fsp3) is 0.333. The molecule has 0 bridgehead atoms. The van der Waals surface area contributed by atoms with Crippen LogP contribution in [-0.4, -0.2) is 47.1 Å². The number of anilines is 1. The molecule has 0 aliphatic heterocycles. The van der Waals surface area contributed by atoms with Gasteiger partial charge in [0.05, 0.1) is 12.5 Å². The van der Waals surface area contributed by atoms with E-state index in [2.05, 4.69) is 25.3 Å². The number of hydrogen-bond acceptors (Lipinski definition) is 6. The van der Waals surface area contributed by atoms with Gasteiger partial charge in [0.1, 0.15) is 6.54 Å². The van der Waals surface area contributed by atoms with Gasteiger partial charge in [0.2, 0.25) is 15.9 Å². The van der Waals surface area contributed by atoms with Gasteiger partial charge in [0.15, 0.2) is 5.82 Å². The van der Waals surface area contributed by atoms with Crippen LogP contribution in [-0.2, 0) is 27.8 Å². The SMILES string of the molecule is CS(=O)(=O)Nc1cn(CC(=O)NCCc2cccnc2)nn1. The number of hydrogen-bond donors (Lipinski definition) is 2. The minimum Gasteiger partial charge on any atom is -0.354 e. The Morgan fingerprint density at radius 1 is 1.41 bits per heavy atom. The number of sulfonamides is 1. The zero-order valence-electron chi connectivity index (χ0n) is 11.9. The van der Waals surface area contributed by atoms with Crippen molar-refractivity contribution in [1.82, 2.24) is 25.3 Å². The molecular formula is C12H16N6O3S. The van der Waals surface area contributed by atoms with Gasteiger partial charge in [-0.25, -0.2) is 13.1 Å². The smallest absolute Gasteiger partial charge is 0.241 e. The molecule has 2 rings (SSSR count). The molecule has 0 spiro atoms. The highest BCUT2D eigenvalue weighted by atomic mass is 32.2. The van der Waals surface area contributed by atoms with Crippen LogP contribution < -0.4 is 10.0 Å². The first-order chi connectivity index (χ1) is 10.4. The van der Waals surface area contributed by atoms with Gasteiger partial charge in [-0.2, -0.15) is 0 Å². The van der Waals surface area contributed by atoms with Crippen LogP contribution in [0.4, 0.5) is 5.82 Å². The molecule has 9 nitrogen and oxygen atoms in total. The van der Waals surface area contributed by atoms with Crippen LogP contribution in [0.2, 0.25) is 0 Å². The van der Waals surface area contributed by atoms with Gasteiger partial charge in [-0.05, 0) is 18.1 Å². The van der Waals surface area contributed by atoms with E-state index in [1.54, 1.807) is 12.4 Å². The Bertz CT molecular complexity index is 728. The first-order valence-electron chi connectivity index (χ1n) is 6.46. The minimum absolute atomic E-state index is 0.0362. The Morgan fingerprint density at radius 2 is 2.23 bits per heavy atom. The molecule has 2 aromatic heterocycles. The zero-order chi connectivity index (χ0) is 16.0. The van der Waals surface area contributed by atoms with Crippen LogP contribution in [0.3, 0.4) is 0 Å². The summed E-state index contributed by atoms with van der Waals surface area (Å²) in [5.41, 5.74) is 1.03. The minimum atomic E-state index is -3.41. The molecule has 2 heterocycles. The summed E-state index contributed by atoms with van der Waals surface area (Å²) < 4.78 is 25.5. The van der Waals surface area contributed by atoms with Crippen LogP contribution in [0.25, 0.3) is 0 Å². The summed E-state index contributed by atoms with van der Waals surface area (Å²) in [7, 11) is -3.41. The number of nitrogens with one attached hydrogen (secondary N) is 2. The van der Waals surface area contributed by atoms with Gasteiger partial charge in [-0.1, -0.05) is 11.3 Å². The van der Waals surface area contributed by atoms with Gasteiger partial charge in [0.25, 0.3) is 0 Å². The average molecular weight is 324 g/mol. The summed E-state index contributed by atoms with van der Waals surface area (Å²) in [4.78, 5) is 15.7. The molecule has 0 aliphatic rings. The Kier molecular flexibility index (Phi) is 5.04. The van der Waals surface area contributed by atoms with Crippen molar-refractivity contribution in [2.24, 2.45) is 0 Å².